The minimum atomic E-state index is -3.60. The van der Waals surface area contributed by atoms with Gasteiger partial charge >= 0.3 is 0 Å². The van der Waals surface area contributed by atoms with Crippen LogP contribution in [0.2, 0.25) is 0 Å². The van der Waals surface area contributed by atoms with E-state index < -0.39 is 19.9 Å². The first-order valence-corrected chi connectivity index (χ1v) is 11.2. The van der Waals surface area contributed by atoms with E-state index in [9.17, 15) is 16.8 Å². The molecule has 6 nitrogen and oxygen atoms in total. The minimum absolute atomic E-state index is 0.0990. The number of sulfone groups is 1. The minimum Gasteiger partial charge on any atom is -0.300 e. The third kappa shape index (κ3) is 4.12. The van der Waals surface area contributed by atoms with Crippen molar-refractivity contribution >= 4 is 19.9 Å². The Kier molecular flexibility index (Phi) is 4.52. The zero-order valence-electron chi connectivity index (χ0n) is 13.1. The van der Waals surface area contributed by atoms with Crippen LogP contribution in [-0.4, -0.2) is 53.7 Å². The molecule has 0 bridgehead atoms. The maximum atomic E-state index is 12.3. The van der Waals surface area contributed by atoms with Gasteiger partial charge in [0.2, 0.25) is 10.0 Å². The summed E-state index contributed by atoms with van der Waals surface area (Å²) in [6.45, 7) is 2.44. The van der Waals surface area contributed by atoms with Crippen LogP contribution in [0.3, 0.4) is 0 Å². The van der Waals surface area contributed by atoms with Gasteiger partial charge in [0.25, 0.3) is 0 Å². The van der Waals surface area contributed by atoms with E-state index in [0.717, 1.165) is 31.8 Å². The van der Waals surface area contributed by atoms with Crippen LogP contribution in [0.25, 0.3) is 0 Å². The zero-order valence-corrected chi connectivity index (χ0v) is 14.7. The van der Waals surface area contributed by atoms with Gasteiger partial charge in [-0.2, -0.15) is 0 Å². The molecule has 2 fully saturated rings. The monoisotopic (exact) mass is 358 g/mol. The Labute approximate surface area is 137 Å². The highest BCUT2D eigenvalue weighted by atomic mass is 32.2. The number of nitrogens with one attached hydrogen (secondary N) is 1. The molecule has 0 aromatic heterocycles. The van der Waals surface area contributed by atoms with E-state index in [4.69, 9.17) is 0 Å². The lowest BCUT2D eigenvalue weighted by atomic mass is 10.1. The summed E-state index contributed by atoms with van der Waals surface area (Å²) < 4.78 is 50.1. The van der Waals surface area contributed by atoms with Crippen LogP contribution in [0, 0.1) is 5.92 Å². The third-order valence-corrected chi connectivity index (χ3v) is 7.07. The fraction of sp³-hybridized carbons (Fsp3) is 0.600. The van der Waals surface area contributed by atoms with Gasteiger partial charge in [-0.1, -0.05) is 0 Å². The Morgan fingerprint density at radius 3 is 2.22 bits per heavy atom. The van der Waals surface area contributed by atoms with Crippen LogP contribution in [0.5, 0.6) is 0 Å². The molecule has 23 heavy (non-hydrogen) atoms. The van der Waals surface area contributed by atoms with Gasteiger partial charge in [-0.3, -0.25) is 0 Å². The Bertz CT molecular complexity index is 768. The molecule has 1 aliphatic heterocycles. The average molecular weight is 358 g/mol. The first-order chi connectivity index (χ1) is 10.8. The molecule has 128 valence electrons. The molecule has 1 atom stereocenters. The molecule has 0 amide bonds. The van der Waals surface area contributed by atoms with Crippen LogP contribution in [-0.2, 0) is 19.9 Å². The van der Waals surface area contributed by atoms with Crippen molar-refractivity contribution in [3.05, 3.63) is 24.3 Å². The molecular formula is C15H22N2O4S2. The predicted molar refractivity (Wildman–Crippen MR) is 87.4 cm³/mol. The SMILES string of the molecule is CS(=O)(=O)c1ccc(S(=O)(=O)NCC2CCN(C3CC3)C2)cc1. The van der Waals surface area contributed by atoms with E-state index in [1.54, 1.807) is 0 Å². The molecule has 1 aromatic carbocycles. The van der Waals surface area contributed by atoms with E-state index in [1.807, 2.05) is 0 Å². The second-order valence-corrected chi connectivity index (χ2v) is 10.3. The lowest BCUT2D eigenvalue weighted by Gasteiger charge is -2.15. The highest BCUT2D eigenvalue weighted by molar-refractivity contribution is 7.90. The van der Waals surface area contributed by atoms with E-state index >= 15 is 0 Å². The van der Waals surface area contributed by atoms with Crippen molar-refractivity contribution in [2.75, 3.05) is 25.9 Å². The van der Waals surface area contributed by atoms with Gasteiger partial charge in [0.05, 0.1) is 9.79 Å². The van der Waals surface area contributed by atoms with Crippen molar-refractivity contribution in [1.82, 2.24) is 9.62 Å². The van der Waals surface area contributed by atoms with Gasteiger partial charge in [0, 0.05) is 25.4 Å². The van der Waals surface area contributed by atoms with Crippen molar-refractivity contribution < 1.29 is 16.8 Å². The topological polar surface area (TPSA) is 83.5 Å². The number of nitrogens with zero attached hydrogens (tertiary/aromatic N) is 1. The van der Waals surface area contributed by atoms with E-state index in [2.05, 4.69) is 9.62 Å². The van der Waals surface area contributed by atoms with Crippen molar-refractivity contribution in [2.45, 2.75) is 35.1 Å². The highest BCUT2D eigenvalue weighted by Crippen LogP contribution is 2.31. The lowest BCUT2D eigenvalue weighted by Crippen LogP contribution is -2.31. The smallest absolute Gasteiger partial charge is 0.240 e. The number of benzene rings is 1. The van der Waals surface area contributed by atoms with Crippen LogP contribution in [0.4, 0.5) is 0 Å². The second-order valence-electron chi connectivity index (χ2n) is 6.48. The molecule has 2 aliphatic rings. The van der Waals surface area contributed by atoms with E-state index in [0.29, 0.717) is 12.5 Å². The van der Waals surface area contributed by atoms with Crippen molar-refractivity contribution in [1.29, 1.82) is 0 Å². The van der Waals surface area contributed by atoms with Gasteiger partial charge < -0.3 is 4.90 Å². The van der Waals surface area contributed by atoms with E-state index in [-0.39, 0.29) is 9.79 Å². The molecule has 0 spiro atoms. The summed E-state index contributed by atoms with van der Waals surface area (Å²) in [5, 5.41) is 0. The standard InChI is InChI=1S/C15H22N2O4S2/c1-22(18,19)14-4-6-15(7-5-14)23(20,21)16-10-12-8-9-17(11-12)13-2-3-13/h4-7,12-13,16H,2-3,8-11H2,1H3. The summed E-state index contributed by atoms with van der Waals surface area (Å²) in [6, 6.07) is 6.05. The zero-order chi connectivity index (χ0) is 16.7. The number of sulfonamides is 1. The van der Waals surface area contributed by atoms with Gasteiger partial charge in [0.1, 0.15) is 0 Å². The molecule has 1 heterocycles. The Morgan fingerprint density at radius 1 is 1.04 bits per heavy atom. The normalized spacial score (nSPS) is 23.3. The average Bonchev–Trinajstić information content (AvgIpc) is 3.23. The number of rotatable bonds is 6. The molecule has 1 saturated carbocycles. The quantitative estimate of drug-likeness (QED) is 0.815. The van der Waals surface area contributed by atoms with E-state index in [1.165, 1.54) is 37.1 Å². The first kappa shape index (κ1) is 16.9. The molecule has 1 unspecified atom stereocenters. The van der Waals surface area contributed by atoms with Crippen molar-refractivity contribution in [3.8, 4) is 0 Å². The lowest BCUT2D eigenvalue weighted by molar-refractivity contribution is 0.314. The molecule has 0 radical (unpaired) electrons. The highest BCUT2D eigenvalue weighted by Gasteiger charge is 2.34. The summed E-state index contributed by atoms with van der Waals surface area (Å²) in [5.41, 5.74) is 0. The first-order valence-electron chi connectivity index (χ1n) is 7.79. The third-order valence-electron chi connectivity index (χ3n) is 4.50. The summed E-state index contributed by atoms with van der Waals surface area (Å²) in [5.74, 6) is 0.348. The Morgan fingerprint density at radius 2 is 1.65 bits per heavy atom. The van der Waals surface area contributed by atoms with Gasteiger partial charge in [-0.25, -0.2) is 21.6 Å². The van der Waals surface area contributed by atoms with Crippen molar-refractivity contribution in [3.63, 3.8) is 0 Å². The summed E-state index contributed by atoms with van der Waals surface area (Å²) in [6.07, 6.45) is 4.66. The molecular weight excluding hydrogens is 336 g/mol. The Balaban J connectivity index is 1.60. The van der Waals surface area contributed by atoms with Gasteiger partial charge in [-0.15, -0.1) is 0 Å². The van der Waals surface area contributed by atoms with Crippen molar-refractivity contribution in [2.24, 2.45) is 5.92 Å². The molecule has 3 rings (SSSR count). The molecule has 1 aromatic rings. The number of hydrogen-bond donors (Lipinski definition) is 1. The van der Waals surface area contributed by atoms with Gasteiger partial charge in [0.15, 0.2) is 9.84 Å². The van der Waals surface area contributed by atoms with Crippen LogP contribution in [0.1, 0.15) is 19.3 Å². The second kappa shape index (κ2) is 6.16. The van der Waals surface area contributed by atoms with Crippen LogP contribution < -0.4 is 4.72 Å². The summed E-state index contributed by atoms with van der Waals surface area (Å²) in [4.78, 5) is 2.66. The predicted octanol–water partition coefficient (Wildman–Crippen LogP) is 0.853. The van der Waals surface area contributed by atoms with Crippen LogP contribution >= 0.6 is 0 Å². The maximum absolute atomic E-state index is 12.3. The fourth-order valence-corrected chi connectivity index (χ4v) is 4.72. The summed E-state index contributed by atoms with van der Waals surface area (Å²) in [7, 11) is -6.92. The molecule has 8 heteroatoms. The molecule has 1 N–H and O–H groups in total. The largest absolute Gasteiger partial charge is 0.300 e. The number of likely N-dealkylation sites (tertiary alicyclic amines) is 1. The fourth-order valence-electron chi connectivity index (χ4n) is 2.98. The Hall–Kier alpha value is -0.960. The van der Waals surface area contributed by atoms with Gasteiger partial charge in [-0.05, 0) is 56.0 Å². The van der Waals surface area contributed by atoms with Crippen LogP contribution in [0.15, 0.2) is 34.1 Å². The molecule has 1 saturated heterocycles. The number of hydrogen-bond acceptors (Lipinski definition) is 5. The summed E-state index contributed by atoms with van der Waals surface area (Å²) >= 11 is 0. The maximum Gasteiger partial charge on any atom is 0.240 e. The molecule has 1 aliphatic carbocycles.